The highest BCUT2D eigenvalue weighted by Gasteiger charge is 2.48. The Balaban J connectivity index is 1.06. The first-order chi connectivity index (χ1) is 34.5. The number of sulfone groups is 2. The Morgan fingerprint density at radius 2 is 1.52 bits per heavy atom. The van der Waals surface area contributed by atoms with Gasteiger partial charge in [0.05, 0.1) is 28.6 Å². The minimum atomic E-state index is -5.99. The van der Waals surface area contributed by atoms with Crippen molar-refractivity contribution >= 4 is 62.8 Å². The average Bonchev–Trinajstić information content (AvgIpc) is 3.36. The normalized spacial score (nSPS) is 17.6. The van der Waals surface area contributed by atoms with Gasteiger partial charge in [-0.3, -0.25) is 9.69 Å². The third-order valence-electron chi connectivity index (χ3n) is 14.8. The standard InChI is InChI=1S/C56H68ClF3N2O7S3Si/c1-7-47-37-61(33-34-68-47)30-27-40(38-70-48-13-9-8-10-14-48)35-44-21-26-49(36-53(44)72(66,67)56(58,59)60)71(64,65)39-52(63)42-19-24-46(25-20-42)62-31-28-43(29-32-62)54(69-73(5,6)55(2,3)4)51-16-12-11-15-50(51)41-17-22-45(57)23-18-41/h8-26,36,40,43,47,54H,7,27-35,37-39H2,1-6H3/t40-,47+,54+/m0/s1. The SMILES string of the molecule is CC[C@@H]1CN(CC[C@H](CSc2ccccc2)Cc2ccc(S(=O)(=O)CC(=O)c3ccc(N4CCC([C@@H](O[Si](C)(C)C(C)(C)C)c5ccccc5-c5ccc(Cl)cc5)CC4)cc3)cc2S(=O)(=O)C(F)(F)F)CCO1. The second kappa shape index (κ2) is 23.9. The first-order valence-corrected chi connectivity index (χ1v) is 32.5. The van der Waals surface area contributed by atoms with Crippen LogP contribution in [0.4, 0.5) is 18.9 Å². The van der Waals surface area contributed by atoms with Crippen molar-refractivity contribution in [3.63, 3.8) is 0 Å². The van der Waals surface area contributed by atoms with Crippen molar-refractivity contribution in [3.8, 4) is 11.1 Å². The minimum Gasteiger partial charge on any atom is -0.410 e. The van der Waals surface area contributed by atoms with Crippen LogP contribution in [0.25, 0.3) is 11.1 Å². The maximum Gasteiger partial charge on any atom is 0.501 e. The van der Waals surface area contributed by atoms with Gasteiger partial charge in [-0.05, 0) is 152 Å². The summed E-state index contributed by atoms with van der Waals surface area (Å²) < 4.78 is 111. The number of hydrogen-bond donors (Lipinski definition) is 0. The van der Waals surface area contributed by atoms with E-state index in [2.05, 4.69) is 61.9 Å². The Kier molecular flexibility index (Phi) is 18.6. The molecule has 3 atom stereocenters. The number of ether oxygens (including phenoxy) is 1. The van der Waals surface area contributed by atoms with Gasteiger partial charge < -0.3 is 14.1 Å². The number of morpholine rings is 1. The molecule has 0 saturated carbocycles. The maximum atomic E-state index is 14.4. The molecule has 9 nitrogen and oxygen atoms in total. The number of ketones is 1. The number of thioether (sulfide) groups is 1. The van der Waals surface area contributed by atoms with E-state index >= 15 is 0 Å². The second-order valence-corrected chi connectivity index (χ2v) is 31.0. The Morgan fingerprint density at radius 1 is 0.863 bits per heavy atom. The van der Waals surface area contributed by atoms with E-state index in [1.165, 1.54) is 11.8 Å². The molecule has 394 valence electrons. The van der Waals surface area contributed by atoms with Gasteiger partial charge in [-0.1, -0.05) is 100.0 Å². The zero-order valence-electron chi connectivity index (χ0n) is 42.5. The van der Waals surface area contributed by atoms with Gasteiger partial charge in [0.15, 0.2) is 23.9 Å². The lowest BCUT2D eigenvalue weighted by Crippen LogP contribution is -2.45. The first kappa shape index (κ1) is 56.7. The molecule has 73 heavy (non-hydrogen) atoms. The number of halogens is 4. The fraction of sp³-hybridized carbons (Fsp3) is 0.446. The molecule has 2 fully saturated rings. The quantitative estimate of drug-likeness (QED) is 0.0424. The van der Waals surface area contributed by atoms with Gasteiger partial charge >= 0.3 is 5.51 Å². The Bertz CT molecular complexity index is 2880. The summed E-state index contributed by atoms with van der Waals surface area (Å²) in [6.07, 6.45) is 2.94. The third-order valence-corrected chi connectivity index (χ3v) is 23.9. The zero-order chi connectivity index (χ0) is 52.8. The van der Waals surface area contributed by atoms with Crippen LogP contribution in [0.15, 0.2) is 136 Å². The molecule has 5 aromatic rings. The molecule has 7 rings (SSSR count). The van der Waals surface area contributed by atoms with Gasteiger partial charge in [-0.25, -0.2) is 16.8 Å². The van der Waals surface area contributed by atoms with Gasteiger partial charge in [0.2, 0.25) is 0 Å². The molecule has 2 aliphatic heterocycles. The van der Waals surface area contributed by atoms with Crippen LogP contribution in [0.5, 0.6) is 0 Å². The maximum absolute atomic E-state index is 14.4. The highest BCUT2D eigenvalue weighted by Crippen LogP contribution is 2.46. The molecule has 2 aliphatic rings. The number of hydrogen-bond acceptors (Lipinski definition) is 10. The van der Waals surface area contributed by atoms with E-state index in [1.54, 1.807) is 24.3 Å². The van der Waals surface area contributed by atoms with Crippen LogP contribution < -0.4 is 4.90 Å². The van der Waals surface area contributed by atoms with Crippen molar-refractivity contribution in [2.24, 2.45) is 11.8 Å². The predicted octanol–water partition coefficient (Wildman–Crippen LogP) is 13.4. The van der Waals surface area contributed by atoms with E-state index in [4.69, 9.17) is 20.8 Å². The van der Waals surface area contributed by atoms with Gasteiger partial charge in [0, 0.05) is 53.1 Å². The first-order valence-electron chi connectivity index (χ1n) is 25.1. The molecule has 17 heteroatoms. The van der Waals surface area contributed by atoms with Crippen molar-refractivity contribution in [2.45, 2.75) is 110 Å². The highest BCUT2D eigenvalue weighted by atomic mass is 35.5. The van der Waals surface area contributed by atoms with Crippen LogP contribution in [0.3, 0.4) is 0 Å². The number of nitrogens with zero attached hydrogens (tertiary/aromatic N) is 2. The largest absolute Gasteiger partial charge is 0.501 e. The van der Waals surface area contributed by atoms with Crippen LogP contribution in [0.2, 0.25) is 23.2 Å². The summed E-state index contributed by atoms with van der Waals surface area (Å²) in [6, 6.07) is 35.3. The molecule has 0 radical (unpaired) electrons. The van der Waals surface area contributed by atoms with Crippen LogP contribution in [0.1, 0.15) is 81.0 Å². The zero-order valence-corrected chi connectivity index (χ0v) is 46.7. The summed E-state index contributed by atoms with van der Waals surface area (Å²) in [4.78, 5) is 17.3. The fourth-order valence-corrected chi connectivity index (χ4v) is 14.2. The van der Waals surface area contributed by atoms with Crippen LogP contribution >= 0.6 is 23.4 Å². The Hall–Kier alpha value is -4.00. The molecule has 0 amide bonds. The molecule has 2 saturated heterocycles. The topological polar surface area (TPSA) is 110 Å². The average molecular weight is 1100 g/mol. The third kappa shape index (κ3) is 14.3. The van der Waals surface area contributed by atoms with Gasteiger partial charge in [-0.15, -0.1) is 11.8 Å². The molecule has 0 bridgehead atoms. The predicted molar refractivity (Wildman–Crippen MR) is 291 cm³/mol. The van der Waals surface area contributed by atoms with Crippen molar-refractivity contribution in [1.82, 2.24) is 4.90 Å². The molecule has 0 N–H and O–H groups in total. The number of piperidine rings is 1. The monoisotopic (exact) mass is 1100 g/mol. The van der Waals surface area contributed by atoms with Gasteiger partial charge in [-0.2, -0.15) is 13.2 Å². The molecule has 5 aromatic carbocycles. The molecular weight excluding hydrogens is 1030 g/mol. The van der Waals surface area contributed by atoms with Crippen molar-refractivity contribution < 1.29 is 44.0 Å². The number of anilines is 1. The number of alkyl halides is 3. The highest BCUT2D eigenvalue weighted by molar-refractivity contribution is 7.99. The second-order valence-electron chi connectivity index (χ2n) is 20.8. The van der Waals surface area contributed by atoms with Crippen LogP contribution in [-0.2, 0) is 35.3 Å². The summed E-state index contributed by atoms with van der Waals surface area (Å²) in [6.45, 7) is 17.4. The van der Waals surface area contributed by atoms with E-state index in [-0.39, 0.29) is 46.6 Å². The summed E-state index contributed by atoms with van der Waals surface area (Å²) >= 11 is 7.80. The summed E-state index contributed by atoms with van der Waals surface area (Å²) in [5, 5.41) is 0.650. The molecule has 0 unspecified atom stereocenters. The lowest BCUT2D eigenvalue weighted by atomic mass is 9.84. The fourth-order valence-electron chi connectivity index (χ4n) is 9.36. The minimum absolute atomic E-state index is 0.0184. The Labute approximate surface area is 441 Å². The summed E-state index contributed by atoms with van der Waals surface area (Å²) in [5.74, 6) is -1.42. The molecule has 2 heterocycles. The van der Waals surface area contributed by atoms with Crippen molar-refractivity contribution in [2.75, 3.05) is 55.7 Å². The van der Waals surface area contributed by atoms with E-state index in [0.29, 0.717) is 56.0 Å². The Morgan fingerprint density at radius 3 is 2.16 bits per heavy atom. The van der Waals surface area contributed by atoms with Gasteiger partial charge in [0.1, 0.15) is 5.75 Å². The van der Waals surface area contributed by atoms with Crippen molar-refractivity contribution in [1.29, 1.82) is 0 Å². The summed E-state index contributed by atoms with van der Waals surface area (Å²) in [5.41, 5.74) is -1.55. The van der Waals surface area contributed by atoms with E-state index in [9.17, 15) is 34.8 Å². The number of benzene rings is 5. The molecular formula is C56H68ClF3N2O7S3Si. The lowest BCUT2D eigenvalue weighted by Gasteiger charge is -2.44. The van der Waals surface area contributed by atoms with Crippen LogP contribution in [-0.4, -0.2) is 98.3 Å². The van der Waals surface area contributed by atoms with E-state index < -0.39 is 54.8 Å². The van der Waals surface area contributed by atoms with Crippen molar-refractivity contribution in [3.05, 3.63) is 143 Å². The molecule has 0 spiro atoms. The molecule has 0 aliphatic carbocycles. The lowest BCUT2D eigenvalue weighted by molar-refractivity contribution is -0.0436. The molecule has 0 aromatic heterocycles. The smallest absolute Gasteiger partial charge is 0.410 e. The number of carbonyl (C=O) groups excluding carboxylic acids is 1. The van der Waals surface area contributed by atoms with E-state index in [1.807, 2.05) is 67.6 Å². The number of rotatable bonds is 20. The van der Waals surface area contributed by atoms with E-state index in [0.717, 1.165) is 65.2 Å². The summed E-state index contributed by atoms with van der Waals surface area (Å²) in [7, 11) is -12.8. The van der Waals surface area contributed by atoms with Gasteiger partial charge in [0.25, 0.3) is 9.84 Å². The number of carbonyl (C=O) groups is 1. The number of Topliss-reactive ketones (excluding diaryl/α,β-unsaturated/α-hetero) is 1. The van der Waals surface area contributed by atoms with Crippen LogP contribution in [0, 0.1) is 11.8 Å².